The molecule has 1 fully saturated rings. The Balaban J connectivity index is 2.24. The summed E-state index contributed by atoms with van der Waals surface area (Å²) in [6.07, 6.45) is 2.22. The van der Waals surface area contributed by atoms with Gasteiger partial charge in [0.15, 0.2) is 5.78 Å². The summed E-state index contributed by atoms with van der Waals surface area (Å²) in [7, 11) is 1.87. The van der Waals surface area contributed by atoms with E-state index in [2.05, 4.69) is 0 Å². The zero-order valence-corrected chi connectivity index (χ0v) is 11.7. The number of ketones is 1. The summed E-state index contributed by atoms with van der Waals surface area (Å²) in [6.45, 7) is 2.87. The van der Waals surface area contributed by atoms with Crippen LogP contribution in [0.25, 0.3) is 0 Å². The van der Waals surface area contributed by atoms with Gasteiger partial charge in [0.1, 0.15) is 0 Å². The molecule has 0 saturated carbocycles. The van der Waals surface area contributed by atoms with Crippen LogP contribution in [0, 0.1) is 10.1 Å². The Morgan fingerprint density at radius 3 is 2.85 bits per heavy atom. The van der Waals surface area contributed by atoms with Crippen molar-refractivity contribution in [2.24, 2.45) is 0 Å². The Morgan fingerprint density at radius 1 is 1.55 bits per heavy atom. The molecular weight excluding hydrogens is 260 g/mol. The van der Waals surface area contributed by atoms with E-state index < -0.39 is 4.92 Å². The summed E-state index contributed by atoms with van der Waals surface area (Å²) in [5, 5.41) is 10.8. The van der Waals surface area contributed by atoms with Gasteiger partial charge in [-0.25, -0.2) is 0 Å². The molecular formula is C14H18N2O4. The van der Waals surface area contributed by atoms with E-state index in [4.69, 9.17) is 4.74 Å². The maximum Gasteiger partial charge on any atom is 0.270 e. The minimum absolute atomic E-state index is 0.0653. The normalized spacial score (nSPS) is 18.0. The number of hydrogen-bond donors (Lipinski definition) is 0. The van der Waals surface area contributed by atoms with Crippen molar-refractivity contribution in [1.82, 2.24) is 0 Å². The lowest BCUT2D eigenvalue weighted by Crippen LogP contribution is -2.29. The number of ether oxygens (including phenoxy) is 1. The van der Waals surface area contributed by atoms with Gasteiger partial charge in [0.2, 0.25) is 0 Å². The Bertz CT molecular complexity index is 524. The van der Waals surface area contributed by atoms with E-state index in [1.54, 1.807) is 6.07 Å². The first-order chi connectivity index (χ1) is 9.49. The second-order valence-electron chi connectivity index (χ2n) is 5.03. The predicted molar refractivity (Wildman–Crippen MR) is 75.3 cm³/mol. The standard InChI is InChI=1S/C14H18N2O4/c1-10(17)13-8-11(16(18)19)5-6-14(13)15(2)9-12-4-3-7-20-12/h5-6,8,12H,3-4,7,9H2,1-2H3. The molecule has 0 bridgehead atoms. The smallest absolute Gasteiger partial charge is 0.270 e. The fourth-order valence-electron chi connectivity index (χ4n) is 2.44. The molecule has 1 atom stereocenters. The van der Waals surface area contributed by atoms with Gasteiger partial charge in [0.25, 0.3) is 5.69 Å². The van der Waals surface area contributed by atoms with Crippen molar-refractivity contribution in [3.8, 4) is 0 Å². The van der Waals surface area contributed by atoms with E-state index in [0.717, 1.165) is 19.4 Å². The van der Waals surface area contributed by atoms with Gasteiger partial charge in [0, 0.05) is 43.6 Å². The molecule has 0 radical (unpaired) electrons. The molecule has 1 unspecified atom stereocenters. The van der Waals surface area contributed by atoms with Crippen LogP contribution in [0.1, 0.15) is 30.1 Å². The maximum atomic E-state index is 11.7. The average molecular weight is 278 g/mol. The maximum absolute atomic E-state index is 11.7. The van der Waals surface area contributed by atoms with Crippen LogP contribution in [0.5, 0.6) is 0 Å². The molecule has 108 valence electrons. The van der Waals surface area contributed by atoms with Crippen molar-refractivity contribution < 1.29 is 14.5 Å². The molecule has 0 spiro atoms. The minimum atomic E-state index is -0.490. The van der Waals surface area contributed by atoms with Gasteiger partial charge < -0.3 is 9.64 Å². The lowest BCUT2D eigenvalue weighted by molar-refractivity contribution is -0.384. The van der Waals surface area contributed by atoms with Crippen LogP contribution >= 0.6 is 0 Å². The molecule has 1 aromatic carbocycles. The highest BCUT2D eigenvalue weighted by atomic mass is 16.6. The summed E-state index contributed by atoms with van der Waals surface area (Å²) in [5.41, 5.74) is 1.02. The van der Waals surface area contributed by atoms with Crippen LogP contribution in [0.2, 0.25) is 0 Å². The first-order valence-corrected chi connectivity index (χ1v) is 6.61. The summed E-state index contributed by atoms with van der Waals surface area (Å²) in [4.78, 5) is 23.9. The number of Topliss-reactive ketones (excluding diaryl/α,β-unsaturated/α-hetero) is 1. The fourth-order valence-corrected chi connectivity index (χ4v) is 2.44. The Hall–Kier alpha value is -1.95. The summed E-state index contributed by atoms with van der Waals surface area (Å²) in [5.74, 6) is -0.178. The summed E-state index contributed by atoms with van der Waals surface area (Å²) >= 11 is 0. The van der Waals surface area contributed by atoms with Crippen LogP contribution in [0.4, 0.5) is 11.4 Å². The number of carbonyl (C=O) groups is 1. The topological polar surface area (TPSA) is 72.7 Å². The van der Waals surface area contributed by atoms with E-state index in [-0.39, 0.29) is 17.6 Å². The summed E-state index contributed by atoms with van der Waals surface area (Å²) < 4.78 is 5.57. The number of nitro benzene ring substituents is 1. The lowest BCUT2D eigenvalue weighted by atomic mass is 10.1. The number of rotatable bonds is 5. The number of nitrogens with zero attached hydrogens (tertiary/aromatic N) is 2. The Morgan fingerprint density at radius 2 is 2.30 bits per heavy atom. The number of likely N-dealkylation sites (N-methyl/N-ethyl adjacent to an activating group) is 1. The zero-order chi connectivity index (χ0) is 14.7. The SMILES string of the molecule is CC(=O)c1cc([N+](=O)[O-])ccc1N(C)CC1CCCO1. The zero-order valence-electron chi connectivity index (χ0n) is 11.7. The molecule has 0 N–H and O–H groups in total. The molecule has 1 saturated heterocycles. The van der Waals surface area contributed by atoms with Gasteiger partial charge in [-0.15, -0.1) is 0 Å². The van der Waals surface area contributed by atoms with Gasteiger partial charge in [-0.05, 0) is 25.8 Å². The van der Waals surface area contributed by atoms with E-state index >= 15 is 0 Å². The monoisotopic (exact) mass is 278 g/mol. The lowest BCUT2D eigenvalue weighted by Gasteiger charge is -2.24. The molecule has 6 nitrogen and oxygen atoms in total. The third-order valence-electron chi connectivity index (χ3n) is 3.48. The molecule has 0 aliphatic carbocycles. The highest BCUT2D eigenvalue weighted by Crippen LogP contribution is 2.26. The van der Waals surface area contributed by atoms with Crippen LogP contribution in [-0.4, -0.2) is 37.0 Å². The quantitative estimate of drug-likeness (QED) is 0.470. The molecule has 1 aromatic rings. The molecule has 1 aliphatic heterocycles. The van der Waals surface area contributed by atoms with Gasteiger partial charge in [-0.3, -0.25) is 14.9 Å². The largest absolute Gasteiger partial charge is 0.376 e. The van der Waals surface area contributed by atoms with Crippen LogP contribution < -0.4 is 4.90 Å². The van der Waals surface area contributed by atoms with Crippen molar-refractivity contribution in [3.63, 3.8) is 0 Å². The molecule has 1 heterocycles. The third kappa shape index (κ3) is 3.14. The van der Waals surface area contributed by atoms with Gasteiger partial charge in [-0.2, -0.15) is 0 Å². The van der Waals surface area contributed by atoms with Gasteiger partial charge >= 0.3 is 0 Å². The van der Waals surface area contributed by atoms with Crippen molar-refractivity contribution >= 4 is 17.2 Å². The number of anilines is 1. The second kappa shape index (κ2) is 6.00. The van der Waals surface area contributed by atoms with Crippen LogP contribution in [-0.2, 0) is 4.74 Å². The highest BCUT2D eigenvalue weighted by Gasteiger charge is 2.21. The Kier molecular flexibility index (Phi) is 4.34. The minimum Gasteiger partial charge on any atom is -0.376 e. The van der Waals surface area contributed by atoms with E-state index in [0.29, 0.717) is 17.8 Å². The number of non-ortho nitro benzene ring substituents is 1. The predicted octanol–water partition coefficient (Wildman–Crippen LogP) is 2.41. The number of hydrogen-bond acceptors (Lipinski definition) is 5. The second-order valence-corrected chi connectivity index (χ2v) is 5.03. The molecule has 20 heavy (non-hydrogen) atoms. The number of carbonyl (C=O) groups excluding carboxylic acids is 1. The van der Waals surface area contributed by atoms with Gasteiger partial charge in [0.05, 0.1) is 11.0 Å². The van der Waals surface area contributed by atoms with Crippen molar-refractivity contribution in [2.75, 3.05) is 25.1 Å². The third-order valence-corrected chi connectivity index (χ3v) is 3.48. The number of benzene rings is 1. The van der Waals surface area contributed by atoms with Crippen LogP contribution in [0.15, 0.2) is 18.2 Å². The highest BCUT2D eigenvalue weighted by molar-refractivity contribution is 6.00. The molecule has 0 amide bonds. The fraction of sp³-hybridized carbons (Fsp3) is 0.500. The molecule has 2 rings (SSSR count). The Labute approximate surface area is 117 Å². The van der Waals surface area contributed by atoms with Crippen molar-refractivity contribution in [3.05, 3.63) is 33.9 Å². The molecule has 6 heteroatoms. The first-order valence-electron chi connectivity index (χ1n) is 6.61. The average Bonchev–Trinajstić information content (AvgIpc) is 2.90. The first kappa shape index (κ1) is 14.5. The molecule has 1 aliphatic rings. The van der Waals surface area contributed by atoms with Crippen LogP contribution in [0.3, 0.4) is 0 Å². The van der Waals surface area contributed by atoms with Gasteiger partial charge in [-0.1, -0.05) is 0 Å². The molecule has 0 aromatic heterocycles. The summed E-state index contributed by atoms with van der Waals surface area (Å²) in [6, 6.07) is 4.39. The van der Waals surface area contributed by atoms with E-state index in [1.165, 1.54) is 19.1 Å². The van der Waals surface area contributed by atoms with E-state index in [1.807, 2.05) is 11.9 Å². The van der Waals surface area contributed by atoms with Crippen molar-refractivity contribution in [2.45, 2.75) is 25.9 Å². The number of nitro groups is 1. The van der Waals surface area contributed by atoms with E-state index in [9.17, 15) is 14.9 Å². The van der Waals surface area contributed by atoms with Crippen molar-refractivity contribution in [1.29, 1.82) is 0 Å².